The highest BCUT2D eigenvalue weighted by Crippen LogP contribution is 2.23. The van der Waals surface area contributed by atoms with Gasteiger partial charge in [-0.15, -0.1) is 0 Å². The molecule has 6 nitrogen and oxygen atoms in total. The van der Waals surface area contributed by atoms with E-state index in [0.717, 1.165) is 6.26 Å². The van der Waals surface area contributed by atoms with Crippen molar-refractivity contribution in [2.24, 2.45) is 0 Å². The number of hydrogen-bond acceptors (Lipinski definition) is 6. The van der Waals surface area contributed by atoms with E-state index in [2.05, 4.69) is 0 Å². The van der Waals surface area contributed by atoms with Gasteiger partial charge in [0.1, 0.15) is 12.4 Å². The molecule has 0 atom stereocenters. The molecule has 0 amide bonds. The maximum absolute atomic E-state index is 12.3. The van der Waals surface area contributed by atoms with Crippen molar-refractivity contribution in [1.29, 1.82) is 0 Å². The summed E-state index contributed by atoms with van der Waals surface area (Å²) in [4.78, 5) is 23.7. The summed E-state index contributed by atoms with van der Waals surface area (Å²) in [5.41, 5.74) is 0.940. The lowest BCUT2D eigenvalue weighted by Crippen LogP contribution is -2.11. The first-order valence-electron chi connectivity index (χ1n) is 7.38. The highest BCUT2D eigenvalue weighted by Gasteiger charge is 2.20. The number of carbonyl (C=O) groups excluding carboxylic acids is 2. The summed E-state index contributed by atoms with van der Waals surface area (Å²) in [5, 5.41) is 0. The van der Waals surface area contributed by atoms with Crippen LogP contribution in [0.15, 0.2) is 47.4 Å². The smallest absolute Gasteiger partial charge is 0.339 e. The van der Waals surface area contributed by atoms with Crippen LogP contribution in [0.1, 0.15) is 33.2 Å². The van der Waals surface area contributed by atoms with Crippen molar-refractivity contribution in [3.8, 4) is 5.75 Å². The van der Waals surface area contributed by atoms with Gasteiger partial charge in [0.05, 0.1) is 17.6 Å². The molecule has 0 saturated heterocycles. The standard InChI is InChI=1S/C18H18O6S/c1-12(19)13-8-9-16(23-2)14(10-13)11-24-18(20)15-6-4-5-7-17(15)25(3,21)22/h4-10H,11H2,1-3H3. The predicted octanol–water partition coefficient (Wildman–Crippen LogP) is 2.66. The monoisotopic (exact) mass is 362 g/mol. The molecule has 0 spiro atoms. The second-order valence-electron chi connectivity index (χ2n) is 5.43. The number of sulfone groups is 1. The minimum Gasteiger partial charge on any atom is -0.496 e. The number of methoxy groups -OCH3 is 1. The van der Waals surface area contributed by atoms with E-state index in [1.807, 2.05) is 0 Å². The maximum Gasteiger partial charge on any atom is 0.339 e. The van der Waals surface area contributed by atoms with Crippen molar-refractivity contribution in [3.63, 3.8) is 0 Å². The van der Waals surface area contributed by atoms with E-state index >= 15 is 0 Å². The summed E-state index contributed by atoms with van der Waals surface area (Å²) in [6.07, 6.45) is 1.03. The van der Waals surface area contributed by atoms with Crippen molar-refractivity contribution >= 4 is 21.6 Å². The van der Waals surface area contributed by atoms with Gasteiger partial charge in [0, 0.05) is 17.4 Å². The highest BCUT2D eigenvalue weighted by atomic mass is 32.2. The summed E-state index contributed by atoms with van der Waals surface area (Å²) in [5.74, 6) is -0.428. The zero-order valence-corrected chi connectivity index (χ0v) is 14.9. The summed E-state index contributed by atoms with van der Waals surface area (Å²) in [7, 11) is -2.10. The molecular weight excluding hydrogens is 344 g/mol. The van der Waals surface area contributed by atoms with E-state index in [1.165, 1.54) is 32.2 Å². The van der Waals surface area contributed by atoms with Crippen LogP contribution in [0.25, 0.3) is 0 Å². The molecule has 2 aromatic carbocycles. The molecule has 7 heteroatoms. The largest absolute Gasteiger partial charge is 0.496 e. The van der Waals surface area contributed by atoms with Crippen LogP contribution in [-0.2, 0) is 21.2 Å². The molecule has 0 N–H and O–H groups in total. The number of benzene rings is 2. The number of hydrogen-bond donors (Lipinski definition) is 0. The van der Waals surface area contributed by atoms with Crippen molar-refractivity contribution in [3.05, 3.63) is 59.2 Å². The minimum absolute atomic E-state index is 0.0355. The van der Waals surface area contributed by atoms with E-state index in [9.17, 15) is 18.0 Å². The Morgan fingerprint density at radius 1 is 1.08 bits per heavy atom. The van der Waals surface area contributed by atoms with Crippen LogP contribution < -0.4 is 4.74 Å². The van der Waals surface area contributed by atoms with Crippen LogP contribution in [0, 0.1) is 0 Å². The maximum atomic E-state index is 12.3. The summed E-state index contributed by atoms with van der Waals surface area (Å²) >= 11 is 0. The zero-order valence-electron chi connectivity index (χ0n) is 14.1. The lowest BCUT2D eigenvalue weighted by atomic mass is 10.1. The summed E-state index contributed by atoms with van der Waals surface area (Å²) in [6.45, 7) is 1.28. The topological polar surface area (TPSA) is 86.7 Å². The fourth-order valence-corrected chi connectivity index (χ4v) is 3.17. The Morgan fingerprint density at radius 2 is 1.76 bits per heavy atom. The van der Waals surface area contributed by atoms with Crippen LogP contribution >= 0.6 is 0 Å². The van der Waals surface area contributed by atoms with Gasteiger partial charge in [-0.3, -0.25) is 4.79 Å². The lowest BCUT2D eigenvalue weighted by molar-refractivity contribution is 0.0465. The fraction of sp³-hybridized carbons (Fsp3) is 0.222. The summed E-state index contributed by atoms with van der Waals surface area (Å²) < 4.78 is 34.0. The average Bonchev–Trinajstić information content (AvgIpc) is 2.58. The molecule has 2 aromatic rings. The number of esters is 1. The molecule has 0 aliphatic carbocycles. The highest BCUT2D eigenvalue weighted by molar-refractivity contribution is 7.90. The van der Waals surface area contributed by atoms with Gasteiger partial charge in [0.25, 0.3) is 0 Å². The van der Waals surface area contributed by atoms with Crippen molar-refractivity contribution in [2.45, 2.75) is 18.4 Å². The molecule has 0 heterocycles. The second-order valence-corrected chi connectivity index (χ2v) is 7.41. The van der Waals surface area contributed by atoms with Gasteiger partial charge in [-0.25, -0.2) is 13.2 Å². The van der Waals surface area contributed by atoms with Gasteiger partial charge in [0.15, 0.2) is 15.6 Å². The first-order chi connectivity index (χ1) is 11.7. The normalized spacial score (nSPS) is 11.0. The Balaban J connectivity index is 2.27. The van der Waals surface area contributed by atoms with E-state index in [4.69, 9.17) is 9.47 Å². The third-order valence-electron chi connectivity index (χ3n) is 3.55. The van der Waals surface area contributed by atoms with Crippen LogP contribution in [-0.4, -0.2) is 33.5 Å². The molecular formula is C18H18O6S. The molecule has 0 fully saturated rings. The second kappa shape index (κ2) is 7.48. The van der Waals surface area contributed by atoms with Crippen LogP contribution in [0.3, 0.4) is 0 Å². The van der Waals surface area contributed by atoms with E-state index in [1.54, 1.807) is 24.3 Å². The van der Waals surface area contributed by atoms with Gasteiger partial charge in [-0.1, -0.05) is 12.1 Å². The van der Waals surface area contributed by atoms with Gasteiger partial charge in [-0.2, -0.15) is 0 Å². The first-order valence-corrected chi connectivity index (χ1v) is 9.27. The zero-order chi connectivity index (χ0) is 18.6. The van der Waals surface area contributed by atoms with Crippen molar-refractivity contribution < 1.29 is 27.5 Å². The fourth-order valence-electron chi connectivity index (χ4n) is 2.29. The average molecular weight is 362 g/mol. The summed E-state index contributed by atoms with van der Waals surface area (Å²) in [6, 6.07) is 10.6. The van der Waals surface area contributed by atoms with Gasteiger partial charge < -0.3 is 9.47 Å². The molecule has 0 unspecified atom stereocenters. The molecule has 132 valence electrons. The molecule has 0 radical (unpaired) electrons. The number of Topliss-reactive ketones (excluding diaryl/α,β-unsaturated/α-hetero) is 1. The molecule has 2 rings (SSSR count). The molecule has 0 aliphatic heterocycles. The van der Waals surface area contributed by atoms with E-state index in [0.29, 0.717) is 16.9 Å². The molecule has 0 aromatic heterocycles. The Bertz CT molecular complexity index is 915. The van der Waals surface area contributed by atoms with E-state index < -0.39 is 15.8 Å². The Kier molecular flexibility index (Phi) is 5.58. The number of rotatable bonds is 6. The van der Waals surface area contributed by atoms with Crippen LogP contribution in [0.4, 0.5) is 0 Å². The third kappa shape index (κ3) is 4.45. The van der Waals surface area contributed by atoms with Gasteiger partial charge in [-0.05, 0) is 37.3 Å². The first kappa shape index (κ1) is 18.7. The molecule has 0 saturated carbocycles. The quantitative estimate of drug-likeness (QED) is 0.580. The lowest BCUT2D eigenvalue weighted by Gasteiger charge is -2.12. The van der Waals surface area contributed by atoms with Crippen molar-refractivity contribution in [2.75, 3.05) is 13.4 Å². The Morgan fingerprint density at radius 3 is 2.36 bits per heavy atom. The van der Waals surface area contributed by atoms with Crippen LogP contribution in [0.5, 0.6) is 5.75 Å². The van der Waals surface area contributed by atoms with Gasteiger partial charge >= 0.3 is 5.97 Å². The third-order valence-corrected chi connectivity index (χ3v) is 4.71. The Hall–Kier alpha value is -2.67. The van der Waals surface area contributed by atoms with Crippen molar-refractivity contribution in [1.82, 2.24) is 0 Å². The van der Waals surface area contributed by atoms with Crippen LogP contribution in [0.2, 0.25) is 0 Å². The molecule has 25 heavy (non-hydrogen) atoms. The number of ketones is 1. The van der Waals surface area contributed by atoms with E-state index in [-0.39, 0.29) is 22.8 Å². The number of ether oxygens (including phenoxy) is 2. The predicted molar refractivity (Wildman–Crippen MR) is 91.7 cm³/mol. The Labute approximate surface area is 146 Å². The minimum atomic E-state index is -3.56. The number of carbonyl (C=O) groups is 2. The van der Waals surface area contributed by atoms with Gasteiger partial charge in [0.2, 0.25) is 0 Å². The molecule has 0 bridgehead atoms. The SMILES string of the molecule is COc1ccc(C(C)=O)cc1COC(=O)c1ccccc1S(C)(=O)=O. The molecule has 0 aliphatic rings.